The molecule has 2 aromatic carbocycles. The summed E-state index contributed by atoms with van der Waals surface area (Å²) in [6, 6.07) is 14.4. The summed E-state index contributed by atoms with van der Waals surface area (Å²) in [6.07, 6.45) is 5.55. The van der Waals surface area contributed by atoms with Gasteiger partial charge in [-0.25, -0.2) is 9.37 Å². The Hall–Kier alpha value is -2.66. The maximum Gasteiger partial charge on any atom is 0.258 e. The van der Waals surface area contributed by atoms with Crippen LogP contribution in [0.15, 0.2) is 60.9 Å². The van der Waals surface area contributed by atoms with Crippen LogP contribution in [0.2, 0.25) is 5.02 Å². The number of carbonyl (C=O) groups is 1. The molecular formula is C22H21ClFN3O. The molecule has 0 saturated carbocycles. The zero-order valence-corrected chi connectivity index (χ0v) is 16.1. The number of halogens is 2. The lowest BCUT2D eigenvalue weighted by Gasteiger charge is -2.32. The SMILES string of the molecule is O=C(c1c(F)cccc1Cl)N1CCC(Cn2ccnc2-c2ccccc2)CC1. The van der Waals surface area contributed by atoms with Gasteiger partial charge in [-0.1, -0.05) is 48.0 Å². The molecule has 6 heteroatoms. The number of aromatic nitrogens is 2. The second-order valence-corrected chi connectivity index (χ2v) is 7.51. The lowest BCUT2D eigenvalue weighted by Crippen LogP contribution is -2.39. The van der Waals surface area contributed by atoms with E-state index in [1.807, 2.05) is 30.6 Å². The number of hydrogen-bond acceptors (Lipinski definition) is 2. The highest BCUT2D eigenvalue weighted by molar-refractivity contribution is 6.33. The monoisotopic (exact) mass is 397 g/mol. The maximum atomic E-state index is 14.0. The largest absolute Gasteiger partial charge is 0.338 e. The van der Waals surface area contributed by atoms with Gasteiger partial charge in [-0.2, -0.15) is 0 Å². The second kappa shape index (κ2) is 8.15. The molecule has 4 nitrogen and oxygen atoms in total. The lowest BCUT2D eigenvalue weighted by atomic mass is 9.96. The minimum Gasteiger partial charge on any atom is -0.338 e. The molecule has 0 atom stereocenters. The lowest BCUT2D eigenvalue weighted by molar-refractivity contribution is 0.0678. The number of likely N-dealkylation sites (tertiary alicyclic amines) is 1. The van der Waals surface area contributed by atoms with Crippen molar-refractivity contribution in [2.24, 2.45) is 5.92 Å². The van der Waals surface area contributed by atoms with E-state index in [4.69, 9.17) is 11.6 Å². The van der Waals surface area contributed by atoms with Gasteiger partial charge in [0.2, 0.25) is 0 Å². The molecule has 1 aliphatic rings. The van der Waals surface area contributed by atoms with Crippen molar-refractivity contribution >= 4 is 17.5 Å². The predicted octanol–water partition coefficient (Wildman–Crippen LogP) is 4.90. The van der Waals surface area contributed by atoms with Crippen LogP contribution in [0.5, 0.6) is 0 Å². The predicted molar refractivity (Wildman–Crippen MR) is 108 cm³/mol. The fourth-order valence-corrected chi connectivity index (χ4v) is 4.00. The van der Waals surface area contributed by atoms with Crippen LogP contribution in [0.4, 0.5) is 4.39 Å². The number of rotatable bonds is 4. The van der Waals surface area contributed by atoms with E-state index in [9.17, 15) is 9.18 Å². The Bertz CT molecular complexity index is 945. The van der Waals surface area contributed by atoms with Crippen LogP contribution in [0.1, 0.15) is 23.2 Å². The number of amides is 1. The van der Waals surface area contributed by atoms with Crippen LogP contribution in [-0.4, -0.2) is 33.4 Å². The molecule has 3 aromatic rings. The Balaban J connectivity index is 1.41. The van der Waals surface area contributed by atoms with Gasteiger partial charge in [0.15, 0.2) is 0 Å². The highest BCUT2D eigenvalue weighted by Crippen LogP contribution is 2.26. The van der Waals surface area contributed by atoms with Crippen molar-refractivity contribution < 1.29 is 9.18 Å². The first-order valence-corrected chi connectivity index (χ1v) is 9.81. The zero-order chi connectivity index (χ0) is 19.5. The Morgan fingerprint density at radius 2 is 1.86 bits per heavy atom. The summed E-state index contributed by atoms with van der Waals surface area (Å²) in [7, 11) is 0. The van der Waals surface area contributed by atoms with Gasteiger partial charge in [-0.15, -0.1) is 0 Å². The molecule has 4 rings (SSSR count). The summed E-state index contributed by atoms with van der Waals surface area (Å²) >= 11 is 6.04. The van der Waals surface area contributed by atoms with Gasteiger partial charge in [0, 0.05) is 37.6 Å². The van der Waals surface area contributed by atoms with Crippen molar-refractivity contribution in [3.63, 3.8) is 0 Å². The summed E-state index contributed by atoms with van der Waals surface area (Å²) < 4.78 is 16.2. The van der Waals surface area contributed by atoms with Crippen LogP contribution in [-0.2, 0) is 6.54 Å². The minimum atomic E-state index is -0.564. The molecule has 1 aliphatic heterocycles. The molecule has 28 heavy (non-hydrogen) atoms. The van der Waals surface area contributed by atoms with Crippen LogP contribution in [0.25, 0.3) is 11.4 Å². The minimum absolute atomic E-state index is 0.0245. The highest BCUT2D eigenvalue weighted by atomic mass is 35.5. The summed E-state index contributed by atoms with van der Waals surface area (Å²) in [5.74, 6) is 0.508. The molecule has 1 aromatic heterocycles. The summed E-state index contributed by atoms with van der Waals surface area (Å²) in [4.78, 5) is 18.9. The molecular weight excluding hydrogens is 377 g/mol. The molecule has 0 N–H and O–H groups in total. The van der Waals surface area contributed by atoms with E-state index in [-0.39, 0.29) is 16.5 Å². The van der Waals surface area contributed by atoms with Crippen LogP contribution in [0.3, 0.4) is 0 Å². The molecule has 0 bridgehead atoms. The van der Waals surface area contributed by atoms with E-state index >= 15 is 0 Å². The zero-order valence-electron chi connectivity index (χ0n) is 15.4. The summed E-state index contributed by atoms with van der Waals surface area (Å²) in [5.41, 5.74) is 1.07. The van der Waals surface area contributed by atoms with Gasteiger partial charge in [0.1, 0.15) is 11.6 Å². The fourth-order valence-electron chi connectivity index (χ4n) is 3.76. The van der Waals surface area contributed by atoms with Crippen molar-refractivity contribution in [1.82, 2.24) is 14.5 Å². The van der Waals surface area contributed by atoms with E-state index in [0.717, 1.165) is 30.8 Å². The normalized spacial score (nSPS) is 15.0. The smallest absolute Gasteiger partial charge is 0.258 e. The van der Waals surface area contributed by atoms with E-state index in [2.05, 4.69) is 21.7 Å². The second-order valence-electron chi connectivity index (χ2n) is 7.10. The first kappa shape index (κ1) is 18.7. The van der Waals surface area contributed by atoms with Crippen molar-refractivity contribution in [2.45, 2.75) is 19.4 Å². The Kier molecular flexibility index (Phi) is 5.44. The number of nitrogens with zero attached hydrogens (tertiary/aromatic N) is 3. The maximum absolute atomic E-state index is 14.0. The van der Waals surface area contributed by atoms with Crippen molar-refractivity contribution in [3.8, 4) is 11.4 Å². The number of benzene rings is 2. The van der Waals surface area contributed by atoms with Gasteiger partial charge in [0.25, 0.3) is 5.91 Å². The molecule has 2 heterocycles. The number of hydrogen-bond donors (Lipinski definition) is 0. The Morgan fingerprint density at radius 1 is 1.11 bits per heavy atom. The fraction of sp³-hybridized carbons (Fsp3) is 0.273. The van der Waals surface area contributed by atoms with Gasteiger partial charge in [0.05, 0.1) is 10.6 Å². The third kappa shape index (κ3) is 3.80. The van der Waals surface area contributed by atoms with Crippen molar-refractivity contribution in [3.05, 3.63) is 77.3 Å². The van der Waals surface area contributed by atoms with Crippen molar-refractivity contribution in [2.75, 3.05) is 13.1 Å². The van der Waals surface area contributed by atoms with E-state index in [1.54, 1.807) is 11.0 Å². The third-order valence-corrected chi connectivity index (χ3v) is 5.60. The van der Waals surface area contributed by atoms with Crippen LogP contribution in [0, 0.1) is 11.7 Å². The topological polar surface area (TPSA) is 38.1 Å². The average molecular weight is 398 g/mol. The number of imidazole rings is 1. The van der Waals surface area contributed by atoms with Gasteiger partial charge in [-0.3, -0.25) is 4.79 Å². The quantitative estimate of drug-likeness (QED) is 0.628. The molecule has 0 unspecified atom stereocenters. The third-order valence-electron chi connectivity index (χ3n) is 5.28. The van der Waals surface area contributed by atoms with E-state index in [0.29, 0.717) is 19.0 Å². The molecule has 0 spiro atoms. The van der Waals surface area contributed by atoms with Crippen molar-refractivity contribution in [1.29, 1.82) is 0 Å². The van der Waals surface area contributed by atoms with E-state index < -0.39 is 5.82 Å². The first-order chi connectivity index (χ1) is 13.6. The summed E-state index contributed by atoms with van der Waals surface area (Å²) in [5, 5.41) is 0.165. The van der Waals surface area contributed by atoms with Gasteiger partial charge < -0.3 is 9.47 Å². The Labute approximate surface area is 168 Å². The molecule has 144 valence electrons. The average Bonchev–Trinajstić information content (AvgIpc) is 3.17. The van der Waals surface area contributed by atoms with Crippen LogP contribution >= 0.6 is 11.6 Å². The first-order valence-electron chi connectivity index (χ1n) is 9.43. The number of carbonyl (C=O) groups excluding carboxylic acids is 1. The molecule has 1 saturated heterocycles. The van der Waals surface area contributed by atoms with Gasteiger partial charge >= 0.3 is 0 Å². The van der Waals surface area contributed by atoms with Gasteiger partial charge in [-0.05, 0) is 30.9 Å². The summed E-state index contributed by atoms with van der Waals surface area (Å²) in [6.45, 7) is 2.06. The molecule has 0 radical (unpaired) electrons. The molecule has 1 amide bonds. The Morgan fingerprint density at radius 3 is 2.57 bits per heavy atom. The van der Waals surface area contributed by atoms with Crippen LogP contribution < -0.4 is 0 Å². The molecule has 0 aliphatic carbocycles. The highest BCUT2D eigenvalue weighted by Gasteiger charge is 2.27. The molecule has 1 fully saturated rings. The standard InChI is InChI=1S/C22H21ClFN3O/c23-18-7-4-8-19(24)20(18)22(28)26-12-9-16(10-13-26)15-27-14-11-25-21(27)17-5-2-1-3-6-17/h1-8,11,14,16H,9-10,12-13,15H2. The van der Waals surface area contributed by atoms with E-state index in [1.165, 1.54) is 12.1 Å². The number of piperidine rings is 1.